The number of rotatable bonds is 5. The molecule has 1 aliphatic heterocycles. The Labute approximate surface area is 187 Å². The van der Waals surface area contributed by atoms with E-state index in [0.29, 0.717) is 28.8 Å². The van der Waals surface area contributed by atoms with Gasteiger partial charge in [0.05, 0.1) is 28.7 Å². The maximum Gasteiger partial charge on any atom is 0.302 e. The van der Waals surface area contributed by atoms with Gasteiger partial charge in [-0.25, -0.2) is 4.98 Å². The third-order valence-corrected chi connectivity index (χ3v) is 6.20. The molecule has 0 aliphatic carbocycles. The molecule has 5 rings (SSSR count). The molecule has 1 unspecified atom stereocenters. The van der Waals surface area contributed by atoms with Gasteiger partial charge in [0.25, 0.3) is 5.78 Å². The fourth-order valence-corrected chi connectivity index (χ4v) is 4.76. The number of benzene rings is 2. The van der Waals surface area contributed by atoms with Gasteiger partial charge in [-0.1, -0.05) is 35.6 Å². The Morgan fingerprint density at radius 2 is 2.00 bits per heavy atom. The lowest BCUT2D eigenvalue weighted by atomic mass is 9.99. The SMILES string of the molecule is CCOc1cccc(/C(O)=C2\C(=O)C(=O)N(c3nc4ccccc4s3)C2c2ccco2)c1. The summed E-state index contributed by atoms with van der Waals surface area (Å²) < 4.78 is 12.0. The van der Waals surface area contributed by atoms with Crippen LogP contribution in [0.3, 0.4) is 0 Å². The van der Waals surface area contributed by atoms with Gasteiger partial charge in [-0.3, -0.25) is 14.5 Å². The molecule has 0 radical (unpaired) electrons. The van der Waals surface area contributed by atoms with Crippen LogP contribution >= 0.6 is 11.3 Å². The van der Waals surface area contributed by atoms with Crippen LogP contribution in [0.4, 0.5) is 5.13 Å². The molecule has 7 nitrogen and oxygen atoms in total. The molecule has 1 amide bonds. The largest absolute Gasteiger partial charge is 0.507 e. The van der Waals surface area contributed by atoms with Gasteiger partial charge >= 0.3 is 5.91 Å². The van der Waals surface area contributed by atoms with Crippen LogP contribution in [0, 0.1) is 0 Å². The fourth-order valence-electron chi connectivity index (χ4n) is 3.76. The van der Waals surface area contributed by atoms with Crippen LogP contribution in [0.2, 0.25) is 0 Å². The van der Waals surface area contributed by atoms with E-state index >= 15 is 0 Å². The van der Waals surface area contributed by atoms with Crippen molar-refractivity contribution in [3.63, 3.8) is 0 Å². The summed E-state index contributed by atoms with van der Waals surface area (Å²) in [6.07, 6.45) is 1.46. The van der Waals surface area contributed by atoms with Crippen LogP contribution in [-0.4, -0.2) is 28.4 Å². The van der Waals surface area contributed by atoms with E-state index in [0.717, 1.165) is 10.2 Å². The second-order valence-corrected chi connectivity index (χ2v) is 8.12. The van der Waals surface area contributed by atoms with Crippen molar-refractivity contribution in [1.82, 2.24) is 4.98 Å². The zero-order chi connectivity index (χ0) is 22.2. The molecule has 32 heavy (non-hydrogen) atoms. The summed E-state index contributed by atoms with van der Waals surface area (Å²) in [5, 5.41) is 11.5. The first-order valence-corrected chi connectivity index (χ1v) is 10.8. The van der Waals surface area contributed by atoms with Crippen molar-refractivity contribution < 1.29 is 23.8 Å². The number of carbonyl (C=O) groups is 2. The van der Waals surface area contributed by atoms with E-state index in [1.807, 2.05) is 31.2 Å². The summed E-state index contributed by atoms with van der Waals surface area (Å²) in [6, 6.07) is 16.6. The number of aliphatic hydroxyl groups excluding tert-OH is 1. The number of nitrogens with zero attached hydrogens (tertiary/aromatic N) is 2. The lowest BCUT2D eigenvalue weighted by molar-refractivity contribution is -0.132. The van der Waals surface area contributed by atoms with E-state index in [1.165, 1.54) is 22.5 Å². The summed E-state index contributed by atoms with van der Waals surface area (Å²) in [7, 11) is 0. The molecule has 0 saturated carbocycles. The van der Waals surface area contributed by atoms with Gasteiger partial charge in [-0.05, 0) is 43.3 Å². The summed E-state index contributed by atoms with van der Waals surface area (Å²) in [5.74, 6) is -0.967. The number of hydrogen-bond acceptors (Lipinski definition) is 7. The van der Waals surface area contributed by atoms with Crippen molar-refractivity contribution in [2.24, 2.45) is 0 Å². The molecule has 8 heteroatoms. The maximum absolute atomic E-state index is 13.1. The Hall–Kier alpha value is -3.91. The molecule has 1 N–H and O–H groups in total. The Bertz CT molecular complexity index is 1320. The number of ether oxygens (including phenoxy) is 1. The van der Waals surface area contributed by atoms with Crippen LogP contribution in [0.1, 0.15) is 24.3 Å². The van der Waals surface area contributed by atoms with Crippen LogP contribution in [0.5, 0.6) is 5.75 Å². The topological polar surface area (TPSA) is 92.9 Å². The number of aromatic nitrogens is 1. The lowest BCUT2D eigenvalue weighted by Crippen LogP contribution is -2.29. The van der Waals surface area contributed by atoms with Gasteiger partial charge in [-0.2, -0.15) is 0 Å². The van der Waals surface area contributed by atoms with Gasteiger partial charge in [0.1, 0.15) is 23.3 Å². The van der Waals surface area contributed by atoms with Crippen molar-refractivity contribution in [2.75, 3.05) is 11.5 Å². The molecule has 1 atom stereocenters. The van der Waals surface area contributed by atoms with E-state index in [9.17, 15) is 14.7 Å². The highest BCUT2D eigenvalue weighted by Gasteiger charge is 2.49. The minimum absolute atomic E-state index is 0.0575. The first-order valence-electron chi connectivity index (χ1n) is 10.0. The highest BCUT2D eigenvalue weighted by atomic mass is 32.1. The van der Waals surface area contributed by atoms with Crippen LogP contribution < -0.4 is 9.64 Å². The predicted octanol–water partition coefficient (Wildman–Crippen LogP) is 4.91. The normalized spacial score (nSPS) is 17.9. The van der Waals surface area contributed by atoms with E-state index in [4.69, 9.17) is 9.15 Å². The summed E-state index contributed by atoms with van der Waals surface area (Å²) >= 11 is 1.30. The zero-order valence-corrected chi connectivity index (χ0v) is 17.8. The van der Waals surface area contributed by atoms with Gasteiger partial charge in [-0.15, -0.1) is 0 Å². The van der Waals surface area contributed by atoms with Crippen molar-refractivity contribution >= 4 is 44.1 Å². The molecular weight excluding hydrogens is 428 g/mol. The number of thiazole rings is 1. The number of carbonyl (C=O) groups excluding carboxylic acids is 2. The highest BCUT2D eigenvalue weighted by molar-refractivity contribution is 7.22. The fraction of sp³-hybridized carbons (Fsp3) is 0.125. The van der Waals surface area contributed by atoms with E-state index < -0.39 is 17.7 Å². The molecular formula is C24H18N2O5S. The molecule has 2 aromatic carbocycles. The van der Waals surface area contributed by atoms with Gasteiger partial charge in [0, 0.05) is 5.56 Å². The Kier molecular flexibility index (Phi) is 4.99. The average molecular weight is 446 g/mol. The molecule has 3 heterocycles. The summed E-state index contributed by atoms with van der Waals surface area (Å²) in [4.78, 5) is 32.1. The number of para-hydroxylation sites is 1. The molecule has 1 fully saturated rings. The average Bonchev–Trinajstić information content (AvgIpc) is 3.52. The highest BCUT2D eigenvalue weighted by Crippen LogP contribution is 2.44. The Morgan fingerprint density at radius 1 is 1.16 bits per heavy atom. The van der Waals surface area contributed by atoms with E-state index in [2.05, 4.69) is 4.98 Å². The molecule has 1 saturated heterocycles. The number of Topliss-reactive ketones (excluding diaryl/α,β-unsaturated/α-hetero) is 1. The zero-order valence-electron chi connectivity index (χ0n) is 17.0. The molecule has 1 aliphatic rings. The minimum Gasteiger partial charge on any atom is -0.507 e. The standard InChI is InChI=1S/C24H18N2O5S/c1-2-30-15-8-5-7-14(13-15)21(27)19-20(17-10-6-12-31-17)26(23(29)22(19)28)24-25-16-9-3-4-11-18(16)32-24/h3-13,20,27H,2H2,1H3/b21-19+. The number of anilines is 1. The third kappa shape index (κ3) is 3.25. The number of amides is 1. The third-order valence-electron chi connectivity index (χ3n) is 5.16. The second-order valence-electron chi connectivity index (χ2n) is 7.11. The first-order chi connectivity index (χ1) is 15.6. The molecule has 2 aromatic heterocycles. The van der Waals surface area contributed by atoms with Crippen molar-refractivity contribution in [3.8, 4) is 5.75 Å². The quantitative estimate of drug-likeness (QED) is 0.266. The van der Waals surface area contributed by atoms with Crippen LogP contribution in [-0.2, 0) is 9.59 Å². The van der Waals surface area contributed by atoms with Crippen LogP contribution in [0.25, 0.3) is 16.0 Å². The number of aliphatic hydroxyl groups is 1. The predicted molar refractivity (Wildman–Crippen MR) is 121 cm³/mol. The number of furan rings is 1. The molecule has 0 bridgehead atoms. The van der Waals surface area contributed by atoms with Gasteiger partial charge in [0.2, 0.25) is 0 Å². The second kappa shape index (κ2) is 7.97. The number of fused-ring (bicyclic) bond motifs is 1. The maximum atomic E-state index is 13.1. The first kappa shape index (κ1) is 20.0. The van der Waals surface area contributed by atoms with Crippen LogP contribution in [0.15, 0.2) is 76.9 Å². The Morgan fingerprint density at radius 3 is 2.75 bits per heavy atom. The summed E-state index contributed by atoms with van der Waals surface area (Å²) in [5.41, 5.74) is 1.03. The van der Waals surface area contributed by atoms with E-state index in [1.54, 1.807) is 36.4 Å². The summed E-state index contributed by atoms with van der Waals surface area (Å²) in [6.45, 7) is 2.31. The minimum atomic E-state index is -0.943. The van der Waals surface area contributed by atoms with E-state index in [-0.39, 0.29) is 11.3 Å². The lowest BCUT2D eigenvalue weighted by Gasteiger charge is -2.20. The van der Waals surface area contributed by atoms with Gasteiger partial charge < -0.3 is 14.3 Å². The van der Waals surface area contributed by atoms with Crippen molar-refractivity contribution in [1.29, 1.82) is 0 Å². The smallest absolute Gasteiger partial charge is 0.302 e. The number of ketones is 1. The monoisotopic (exact) mass is 446 g/mol. The Balaban J connectivity index is 1.68. The molecule has 160 valence electrons. The molecule has 0 spiro atoms. The molecule has 4 aromatic rings. The van der Waals surface area contributed by atoms with Crippen molar-refractivity contribution in [2.45, 2.75) is 13.0 Å². The number of hydrogen-bond donors (Lipinski definition) is 1. The van der Waals surface area contributed by atoms with Gasteiger partial charge in [0.15, 0.2) is 5.13 Å². The van der Waals surface area contributed by atoms with Crippen molar-refractivity contribution in [3.05, 3.63) is 83.8 Å².